The molecule has 1 fully saturated rings. The van der Waals surface area contributed by atoms with Gasteiger partial charge in [-0.1, -0.05) is 0 Å². The molecule has 2 rings (SSSR count). The number of aliphatic hydroxyl groups is 1. The maximum atomic E-state index is 13.8. The van der Waals surface area contributed by atoms with E-state index in [-0.39, 0.29) is 18.0 Å². The first kappa shape index (κ1) is 15.9. The number of benzene rings is 1. The number of aliphatic hydroxyl groups excluding tert-OH is 1. The van der Waals surface area contributed by atoms with Crippen molar-refractivity contribution in [3.63, 3.8) is 0 Å². The van der Waals surface area contributed by atoms with Crippen LogP contribution in [0.25, 0.3) is 0 Å². The Kier molecular flexibility index (Phi) is 5.67. The molecule has 1 aliphatic rings. The molecular formula is C15H21FN2O3. The number of rotatable bonds is 5. The quantitative estimate of drug-likeness (QED) is 0.849. The van der Waals surface area contributed by atoms with Crippen molar-refractivity contribution in [1.29, 1.82) is 0 Å². The summed E-state index contributed by atoms with van der Waals surface area (Å²) in [7, 11) is 0. The second-order valence-electron chi connectivity index (χ2n) is 5.31. The molecule has 0 amide bonds. The highest BCUT2D eigenvalue weighted by Crippen LogP contribution is 2.15. The van der Waals surface area contributed by atoms with Crippen LogP contribution in [0.1, 0.15) is 22.3 Å². The molecule has 116 valence electrons. The third-order valence-electron chi connectivity index (χ3n) is 3.78. The maximum Gasteiger partial charge on any atom is 0.335 e. The summed E-state index contributed by atoms with van der Waals surface area (Å²) in [4.78, 5) is 15.3. The molecule has 0 unspecified atom stereocenters. The number of carbonyl (C=O) groups is 1. The van der Waals surface area contributed by atoms with Gasteiger partial charge >= 0.3 is 5.97 Å². The molecular weight excluding hydrogens is 275 g/mol. The molecule has 0 bridgehead atoms. The minimum atomic E-state index is -1.04. The van der Waals surface area contributed by atoms with Crippen molar-refractivity contribution in [3.05, 3.63) is 35.1 Å². The second-order valence-corrected chi connectivity index (χ2v) is 5.31. The van der Waals surface area contributed by atoms with E-state index in [1.54, 1.807) is 0 Å². The number of carboxylic acid groups (broad SMARTS) is 1. The topological polar surface area (TPSA) is 64.0 Å². The minimum Gasteiger partial charge on any atom is -0.478 e. The van der Waals surface area contributed by atoms with E-state index in [1.165, 1.54) is 18.2 Å². The molecule has 1 aromatic rings. The summed E-state index contributed by atoms with van der Waals surface area (Å²) < 4.78 is 13.8. The Morgan fingerprint density at radius 1 is 1.19 bits per heavy atom. The second kappa shape index (κ2) is 7.49. The summed E-state index contributed by atoms with van der Waals surface area (Å²) in [6.45, 7) is 4.62. The van der Waals surface area contributed by atoms with Crippen molar-refractivity contribution in [3.8, 4) is 0 Å². The molecule has 1 aromatic carbocycles. The van der Waals surface area contributed by atoms with E-state index < -0.39 is 5.97 Å². The molecule has 0 radical (unpaired) electrons. The van der Waals surface area contributed by atoms with Gasteiger partial charge in [0.25, 0.3) is 0 Å². The van der Waals surface area contributed by atoms with Crippen LogP contribution in [0, 0.1) is 5.82 Å². The van der Waals surface area contributed by atoms with E-state index >= 15 is 0 Å². The van der Waals surface area contributed by atoms with Crippen LogP contribution < -0.4 is 0 Å². The molecule has 6 heteroatoms. The predicted octanol–water partition coefficient (Wildman–Crippen LogP) is 1.02. The summed E-state index contributed by atoms with van der Waals surface area (Å²) in [6, 6.07) is 3.91. The van der Waals surface area contributed by atoms with Crippen LogP contribution in [0.2, 0.25) is 0 Å². The highest BCUT2D eigenvalue weighted by Gasteiger charge is 2.16. The Morgan fingerprint density at radius 2 is 1.90 bits per heavy atom. The van der Waals surface area contributed by atoms with Crippen molar-refractivity contribution < 1.29 is 19.4 Å². The Morgan fingerprint density at radius 3 is 2.62 bits per heavy atom. The van der Waals surface area contributed by atoms with Gasteiger partial charge in [-0.15, -0.1) is 0 Å². The lowest BCUT2D eigenvalue weighted by Crippen LogP contribution is -2.32. The zero-order valence-electron chi connectivity index (χ0n) is 12.0. The molecule has 0 atom stereocenters. The van der Waals surface area contributed by atoms with Gasteiger partial charge in [-0.25, -0.2) is 9.18 Å². The van der Waals surface area contributed by atoms with Gasteiger partial charge in [0.1, 0.15) is 5.82 Å². The van der Waals surface area contributed by atoms with E-state index in [4.69, 9.17) is 10.2 Å². The van der Waals surface area contributed by atoms with Gasteiger partial charge in [-0.3, -0.25) is 9.80 Å². The van der Waals surface area contributed by atoms with Crippen molar-refractivity contribution in [1.82, 2.24) is 9.80 Å². The molecule has 2 N–H and O–H groups in total. The zero-order valence-corrected chi connectivity index (χ0v) is 12.0. The van der Waals surface area contributed by atoms with Gasteiger partial charge < -0.3 is 10.2 Å². The highest BCUT2D eigenvalue weighted by molar-refractivity contribution is 5.87. The number of β-amino-alcohol motifs (C(OH)–C–C–N with tert-alkyl or cyclic N) is 1. The maximum absolute atomic E-state index is 13.8. The Bertz CT molecular complexity index is 496. The fraction of sp³-hybridized carbons (Fsp3) is 0.533. The Balaban J connectivity index is 2.01. The molecule has 0 saturated carbocycles. The van der Waals surface area contributed by atoms with Crippen molar-refractivity contribution in [2.24, 2.45) is 0 Å². The standard InChI is InChI=1S/C15H21FN2O3/c16-14-3-2-12(15(20)21)10-13(14)11-18-5-1-4-17(6-7-18)8-9-19/h2-3,10,19H,1,4-9,11H2,(H,20,21). The number of hydrogen-bond acceptors (Lipinski definition) is 4. The fourth-order valence-electron chi connectivity index (χ4n) is 2.62. The van der Waals surface area contributed by atoms with Crippen LogP contribution in [0.3, 0.4) is 0 Å². The number of aromatic carboxylic acids is 1. The van der Waals surface area contributed by atoms with Crippen molar-refractivity contribution >= 4 is 5.97 Å². The monoisotopic (exact) mass is 296 g/mol. The lowest BCUT2D eigenvalue weighted by Gasteiger charge is -2.21. The summed E-state index contributed by atoms with van der Waals surface area (Å²) in [5.41, 5.74) is 0.536. The molecule has 0 aromatic heterocycles. The van der Waals surface area contributed by atoms with Gasteiger partial charge in [0.05, 0.1) is 12.2 Å². The van der Waals surface area contributed by atoms with Crippen LogP contribution >= 0.6 is 0 Å². The predicted molar refractivity (Wildman–Crippen MR) is 76.8 cm³/mol. The molecule has 0 spiro atoms. The zero-order chi connectivity index (χ0) is 15.2. The number of carboxylic acids is 1. The first-order valence-corrected chi connectivity index (χ1v) is 7.17. The fourth-order valence-corrected chi connectivity index (χ4v) is 2.62. The average Bonchev–Trinajstić information content (AvgIpc) is 2.67. The third-order valence-corrected chi connectivity index (χ3v) is 3.78. The van der Waals surface area contributed by atoms with Crippen LogP contribution in [0.15, 0.2) is 18.2 Å². The Hall–Kier alpha value is -1.50. The summed E-state index contributed by atoms with van der Waals surface area (Å²) >= 11 is 0. The van der Waals surface area contributed by atoms with E-state index in [0.29, 0.717) is 18.7 Å². The first-order chi connectivity index (χ1) is 10.1. The third kappa shape index (κ3) is 4.49. The van der Waals surface area contributed by atoms with E-state index in [0.717, 1.165) is 32.6 Å². The van der Waals surface area contributed by atoms with Crippen LogP contribution in [0.4, 0.5) is 4.39 Å². The molecule has 1 saturated heterocycles. The smallest absolute Gasteiger partial charge is 0.335 e. The summed E-state index contributed by atoms with van der Waals surface area (Å²) in [5, 5.41) is 17.9. The molecule has 1 aliphatic heterocycles. The van der Waals surface area contributed by atoms with E-state index in [9.17, 15) is 9.18 Å². The van der Waals surface area contributed by atoms with E-state index in [2.05, 4.69) is 9.80 Å². The Labute approximate surface area is 123 Å². The van der Waals surface area contributed by atoms with Crippen LogP contribution in [0.5, 0.6) is 0 Å². The molecule has 1 heterocycles. The van der Waals surface area contributed by atoms with Crippen LogP contribution in [-0.2, 0) is 6.54 Å². The SMILES string of the molecule is O=C(O)c1ccc(F)c(CN2CCCN(CCO)CC2)c1. The normalized spacial score (nSPS) is 17.6. The van der Waals surface area contributed by atoms with Gasteiger partial charge in [0.2, 0.25) is 0 Å². The molecule has 0 aliphatic carbocycles. The first-order valence-electron chi connectivity index (χ1n) is 7.17. The van der Waals surface area contributed by atoms with Gasteiger partial charge in [-0.05, 0) is 37.7 Å². The average molecular weight is 296 g/mol. The summed E-state index contributed by atoms with van der Waals surface area (Å²) in [5.74, 6) is -1.40. The minimum absolute atomic E-state index is 0.114. The van der Waals surface area contributed by atoms with E-state index in [1.807, 2.05) is 0 Å². The summed E-state index contributed by atoms with van der Waals surface area (Å²) in [6.07, 6.45) is 0.959. The lowest BCUT2D eigenvalue weighted by molar-refractivity contribution is 0.0696. The van der Waals surface area contributed by atoms with Gasteiger partial charge in [-0.2, -0.15) is 0 Å². The number of nitrogens with zero attached hydrogens (tertiary/aromatic N) is 2. The lowest BCUT2D eigenvalue weighted by atomic mass is 10.1. The highest BCUT2D eigenvalue weighted by atomic mass is 19.1. The van der Waals surface area contributed by atoms with Gasteiger partial charge in [0, 0.05) is 31.7 Å². The van der Waals surface area contributed by atoms with Crippen molar-refractivity contribution in [2.75, 3.05) is 39.3 Å². The number of hydrogen-bond donors (Lipinski definition) is 2. The molecule has 5 nitrogen and oxygen atoms in total. The largest absolute Gasteiger partial charge is 0.478 e. The van der Waals surface area contributed by atoms with Crippen molar-refractivity contribution in [2.45, 2.75) is 13.0 Å². The van der Waals surface area contributed by atoms with Gasteiger partial charge in [0.15, 0.2) is 0 Å². The molecule has 21 heavy (non-hydrogen) atoms. The van der Waals surface area contributed by atoms with Crippen LogP contribution in [-0.4, -0.2) is 65.3 Å². The number of halogens is 1.